The maximum absolute atomic E-state index is 11.3. The molecule has 2 bridgehead atoms. The fourth-order valence-electron chi connectivity index (χ4n) is 2.56. The third-order valence-corrected chi connectivity index (χ3v) is 3.52. The lowest BCUT2D eigenvalue weighted by molar-refractivity contribution is -0.418. The van der Waals surface area contributed by atoms with Gasteiger partial charge in [-0.1, -0.05) is 24.3 Å². The quantitative estimate of drug-likeness (QED) is 0.753. The number of hydrogen-bond donors (Lipinski definition) is 1. The van der Waals surface area contributed by atoms with E-state index < -0.39 is 17.2 Å². The molecule has 0 fully saturated rings. The summed E-state index contributed by atoms with van der Waals surface area (Å²) >= 11 is 0. The molecule has 2 atom stereocenters. The number of aliphatic carboxylic acids is 1. The van der Waals surface area contributed by atoms with E-state index in [0.29, 0.717) is 0 Å². The highest BCUT2D eigenvalue weighted by Gasteiger charge is 2.53. The van der Waals surface area contributed by atoms with Gasteiger partial charge in [0.25, 0.3) is 0 Å². The van der Waals surface area contributed by atoms with Crippen molar-refractivity contribution in [1.29, 1.82) is 0 Å². The SMILES string of the molecule is CC12C=C(C(=O)O)C(C)(OO1)c1ccccc12. The van der Waals surface area contributed by atoms with E-state index in [1.807, 2.05) is 24.3 Å². The van der Waals surface area contributed by atoms with Gasteiger partial charge in [0.05, 0.1) is 5.57 Å². The molecule has 2 heterocycles. The Hall–Kier alpha value is -1.65. The first-order valence-electron chi connectivity index (χ1n) is 5.41. The second-order valence-electron chi connectivity index (χ2n) is 4.72. The van der Waals surface area contributed by atoms with E-state index in [1.165, 1.54) is 0 Å². The van der Waals surface area contributed by atoms with Crippen LogP contribution in [-0.2, 0) is 25.8 Å². The molecule has 1 aromatic rings. The highest BCUT2D eigenvalue weighted by molar-refractivity contribution is 5.90. The lowest BCUT2D eigenvalue weighted by atomic mass is 9.72. The molecule has 0 saturated carbocycles. The van der Waals surface area contributed by atoms with Crippen molar-refractivity contribution in [2.75, 3.05) is 0 Å². The van der Waals surface area contributed by atoms with Crippen LogP contribution >= 0.6 is 0 Å². The van der Waals surface area contributed by atoms with Crippen molar-refractivity contribution in [2.45, 2.75) is 25.0 Å². The topological polar surface area (TPSA) is 55.8 Å². The molecule has 17 heavy (non-hydrogen) atoms. The van der Waals surface area contributed by atoms with Gasteiger partial charge < -0.3 is 5.11 Å². The summed E-state index contributed by atoms with van der Waals surface area (Å²) in [5.41, 5.74) is 0.194. The lowest BCUT2D eigenvalue weighted by Gasteiger charge is -2.47. The van der Waals surface area contributed by atoms with Crippen molar-refractivity contribution in [3.05, 3.63) is 47.0 Å². The minimum Gasteiger partial charge on any atom is -0.478 e. The molecule has 3 aliphatic rings. The minimum absolute atomic E-state index is 0.227. The molecule has 2 aliphatic heterocycles. The molecular weight excluding hydrogens is 220 g/mol. The third kappa shape index (κ3) is 1.16. The van der Waals surface area contributed by atoms with E-state index in [4.69, 9.17) is 9.78 Å². The molecule has 4 nitrogen and oxygen atoms in total. The second-order valence-corrected chi connectivity index (χ2v) is 4.72. The summed E-state index contributed by atoms with van der Waals surface area (Å²) in [6.07, 6.45) is 1.63. The largest absolute Gasteiger partial charge is 0.478 e. The number of benzene rings is 1. The number of rotatable bonds is 1. The van der Waals surface area contributed by atoms with Gasteiger partial charge in [0.15, 0.2) is 5.60 Å². The summed E-state index contributed by atoms with van der Waals surface area (Å²) in [6.45, 7) is 3.51. The summed E-state index contributed by atoms with van der Waals surface area (Å²) in [6, 6.07) is 7.60. The summed E-state index contributed by atoms with van der Waals surface area (Å²) in [5, 5.41) is 9.26. The second kappa shape index (κ2) is 2.97. The van der Waals surface area contributed by atoms with Crippen molar-refractivity contribution in [1.82, 2.24) is 0 Å². The predicted octanol–water partition coefficient (Wildman–Crippen LogP) is 2.10. The monoisotopic (exact) mass is 232 g/mol. The summed E-state index contributed by atoms with van der Waals surface area (Å²) < 4.78 is 0. The Kier molecular flexibility index (Phi) is 1.83. The van der Waals surface area contributed by atoms with Gasteiger partial charge >= 0.3 is 5.97 Å². The molecule has 1 aromatic carbocycles. The van der Waals surface area contributed by atoms with Gasteiger partial charge in [0.1, 0.15) is 5.60 Å². The van der Waals surface area contributed by atoms with Crippen molar-refractivity contribution < 1.29 is 19.7 Å². The van der Waals surface area contributed by atoms with Crippen LogP contribution in [-0.4, -0.2) is 11.1 Å². The van der Waals surface area contributed by atoms with Gasteiger partial charge in [-0.2, -0.15) is 0 Å². The van der Waals surface area contributed by atoms with Crippen LogP contribution in [0.25, 0.3) is 0 Å². The molecule has 0 amide bonds. The zero-order chi connectivity index (χ0) is 12.3. The molecule has 1 aliphatic carbocycles. The van der Waals surface area contributed by atoms with E-state index in [0.717, 1.165) is 11.1 Å². The van der Waals surface area contributed by atoms with Gasteiger partial charge in [-0.05, 0) is 31.1 Å². The zero-order valence-corrected chi connectivity index (χ0v) is 9.56. The maximum atomic E-state index is 11.3. The van der Waals surface area contributed by atoms with Gasteiger partial charge in [-0.15, -0.1) is 0 Å². The van der Waals surface area contributed by atoms with Gasteiger partial charge in [-0.25, -0.2) is 14.6 Å². The zero-order valence-electron chi connectivity index (χ0n) is 9.56. The van der Waals surface area contributed by atoms with Crippen LogP contribution < -0.4 is 0 Å². The van der Waals surface area contributed by atoms with E-state index >= 15 is 0 Å². The lowest BCUT2D eigenvalue weighted by Crippen LogP contribution is -2.48. The van der Waals surface area contributed by atoms with Crippen LogP contribution in [0.2, 0.25) is 0 Å². The standard InChI is InChI=1S/C13H12O4/c1-12-7-10(11(14)15)13(2,17-16-12)9-6-4-3-5-8(9)12/h3-7H,1-2H3,(H,14,15). The summed E-state index contributed by atoms with van der Waals surface area (Å²) in [5.74, 6) is -0.975. The minimum atomic E-state index is -1.03. The third-order valence-electron chi connectivity index (χ3n) is 3.52. The van der Waals surface area contributed by atoms with Crippen molar-refractivity contribution >= 4 is 5.97 Å². The summed E-state index contributed by atoms with van der Waals surface area (Å²) in [4.78, 5) is 22.0. The maximum Gasteiger partial charge on any atom is 0.334 e. The van der Waals surface area contributed by atoms with Crippen LogP contribution in [0.5, 0.6) is 0 Å². The van der Waals surface area contributed by atoms with Crippen LogP contribution in [0.4, 0.5) is 0 Å². The van der Waals surface area contributed by atoms with E-state index in [1.54, 1.807) is 19.9 Å². The fourth-order valence-corrected chi connectivity index (χ4v) is 2.56. The number of hydrogen-bond acceptors (Lipinski definition) is 3. The Morgan fingerprint density at radius 3 is 2.47 bits per heavy atom. The average molecular weight is 232 g/mol. The van der Waals surface area contributed by atoms with Crippen LogP contribution in [0.1, 0.15) is 25.0 Å². The van der Waals surface area contributed by atoms with Crippen molar-refractivity contribution in [2.24, 2.45) is 0 Å². The van der Waals surface area contributed by atoms with Gasteiger partial charge in [-0.3, -0.25) is 0 Å². The van der Waals surface area contributed by atoms with E-state index in [-0.39, 0.29) is 5.57 Å². The van der Waals surface area contributed by atoms with Gasteiger partial charge in [0.2, 0.25) is 0 Å². The normalized spacial score (nSPS) is 34.1. The fraction of sp³-hybridized carbons (Fsp3) is 0.308. The first kappa shape index (κ1) is 10.5. The highest BCUT2D eigenvalue weighted by Crippen LogP contribution is 2.52. The number of carbonyl (C=O) groups is 1. The van der Waals surface area contributed by atoms with Crippen LogP contribution in [0.3, 0.4) is 0 Å². The Bertz CT molecular complexity index is 548. The molecular formula is C13H12O4. The Morgan fingerprint density at radius 1 is 1.18 bits per heavy atom. The molecule has 0 saturated heterocycles. The highest BCUT2D eigenvalue weighted by atomic mass is 17.2. The first-order valence-corrected chi connectivity index (χ1v) is 5.41. The van der Waals surface area contributed by atoms with Crippen LogP contribution in [0.15, 0.2) is 35.9 Å². The average Bonchev–Trinajstić information content (AvgIpc) is 2.32. The van der Waals surface area contributed by atoms with Gasteiger partial charge in [0, 0.05) is 0 Å². The Labute approximate surface area is 98.4 Å². The Balaban J connectivity index is 2.33. The van der Waals surface area contributed by atoms with Crippen LogP contribution in [0, 0.1) is 0 Å². The van der Waals surface area contributed by atoms with Crippen molar-refractivity contribution in [3.8, 4) is 0 Å². The van der Waals surface area contributed by atoms with E-state index in [9.17, 15) is 9.90 Å². The molecule has 1 N–H and O–H groups in total. The molecule has 88 valence electrons. The Morgan fingerprint density at radius 2 is 1.82 bits per heavy atom. The molecule has 4 rings (SSSR count). The molecule has 0 spiro atoms. The smallest absolute Gasteiger partial charge is 0.334 e. The molecule has 0 aromatic heterocycles. The molecule has 2 unspecified atom stereocenters. The number of fused-ring (bicyclic) bond motifs is 1. The number of carboxylic acids is 1. The number of carboxylic acid groups (broad SMARTS) is 1. The first-order chi connectivity index (χ1) is 7.97. The molecule has 0 radical (unpaired) electrons. The molecule has 4 heteroatoms. The summed E-state index contributed by atoms with van der Waals surface area (Å²) in [7, 11) is 0. The predicted molar refractivity (Wildman–Crippen MR) is 59.0 cm³/mol. The van der Waals surface area contributed by atoms with E-state index in [2.05, 4.69) is 0 Å². The van der Waals surface area contributed by atoms with Crippen molar-refractivity contribution in [3.63, 3.8) is 0 Å².